The Labute approximate surface area is 140 Å². The Morgan fingerprint density at radius 3 is 2.30 bits per heavy atom. The highest BCUT2D eigenvalue weighted by atomic mass is 35.5. The Kier molecular flexibility index (Phi) is 4.69. The number of amides is 1. The quantitative estimate of drug-likeness (QED) is 0.780. The standard InChI is InChI=1S/C19H15ClN2O/c20-17-11-5-4-10-16(17)19(23)22-18(14-7-2-1-3-8-14)15-9-6-12-21-13-15/h1-13,18H,(H,22,23)/t18-/m0/s1. The lowest BCUT2D eigenvalue weighted by molar-refractivity contribution is 0.0943. The third kappa shape index (κ3) is 3.58. The molecule has 114 valence electrons. The van der Waals surface area contributed by atoms with Crippen LogP contribution in [-0.4, -0.2) is 10.9 Å². The zero-order valence-electron chi connectivity index (χ0n) is 12.3. The van der Waals surface area contributed by atoms with Crippen molar-refractivity contribution in [3.8, 4) is 0 Å². The number of pyridine rings is 1. The molecule has 0 spiro atoms. The lowest BCUT2D eigenvalue weighted by Gasteiger charge is -2.20. The van der Waals surface area contributed by atoms with E-state index in [1.165, 1.54) is 0 Å². The first kappa shape index (κ1) is 15.3. The second-order valence-corrected chi connectivity index (χ2v) is 5.49. The van der Waals surface area contributed by atoms with Gasteiger partial charge in [-0.25, -0.2) is 0 Å². The van der Waals surface area contributed by atoms with Gasteiger partial charge in [0, 0.05) is 12.4 Å². The van der Waals surface area contributed by atoms with Crippen LogP contribution < -0.4 is 5.32 Å². The minimum absolute atomic E-state index is 0.215. The third-order valence-corrected chi connectivity index (χ3v) is 3.87. The van der Waals surface area contributed by atoms with Gasteiger partial charge in [0.1, 0.15) is 0 Å². The molecule has 0 bridgehead atoms. The summed E-state index contributed by atoms with van der Waals surface area (Å²) in [4.78, 5) is 16.8. The fraction of sp³-hybridized carbons (Fsp3) is 0.0526. The maximum atomic E-state index is 12.6. The van der Waals surface area contributed by atoms with Crippen molar-refractivity contribution in [1.82, 2.24) is 10.3 Å². The van der Waals surface area contributed by atoms with Gasteiger partial charge in [0.05, 0.1) is 16.6 Å². The molecule has 1 N–H and O–H groups in total. The summed E-state index contributed by atoms with van der Waals surface area (Å²) < 4.78 is 0. The largest absolute Gasteiger partial charge is 0.341 e. The van der Waals surface area contributed by atoms with Crippen molar-refractivity contribution in [2.24, 2.45) is 0 Å². The van der Waals surface area contributed by atoms with E-state index in [0.29, 0.717) is 10.6 Å². The molecule has 23 heavy (non-hydrogen) atoms. The van der Waals surface area contributed by atoms with Crippen LogP contribution in [0.15, 0.2) is 79.1 Å². The molecule has 0 fully saturated rings. The van der Waals surface area contributed by atoms with Crippen LogP contribution in [0.4, 0.5) is 0 Å². The van der Waals surface area contributed by atoms with Crippen molar-refractivity contribution in [1.29, 1.82) is 0 Å². The number of carbonyl (C=O) groups excluding carboxylic acids is 1. The van der Waals surface area contributed by atoms with Gasteiger partial charge in [0.15, 0.2) is 0 Å². The topological polar surface area (TPSA) is 42.0 Å². The Balaban J connectivity index is 1.94. The highest BCUT2D eigenvalue weighted by Gasteiger charge is 2.19. The van der Waals surface area contributed by atoms with Crippen LogP contribution in [0.5, 0.6) is 0 Å². The summed E-state index contributed by atoms with van der Waals surface area (Å²) in [6, 6.07) is 20.3. The summed E-state index contributed by atoms with van der Waals surface area (Å²) in [6.07, 6.45) is 3.46. The van der Waals surface area contributed by atoms with E-state index in [1.807, 2.05) is 42.5 Å². The van der Waals surface area contributed by atoms with Gasteiger partial charge in [-0.05, 0) is 29.3 Å². The van der Waals surface area contributed by atoms with E-state index in [-0.39, 0.29) is 11.9 Å². The molecule has 0 radical (unpaired) electrons. The predicted molar refractivity (Wildman–Crippen MR) is 91.4 cm³/mol. The Morgan fingerprint density at radius 1 is 0.913 bits per heavy atom. The molecule has 3 rings (SSSR count). The number of hydrogen-bond donors (Lipinski definition) is 1. The molecule has 0 unspecified atom stereocenters. The fourth-order valence-electron chi connectivity index (χ4n) is 2.41. The summed E-state index contributed by atoms with van der Waals surface area (Å²) in [5.74, 6) is -0.215. The van der Waals surface area contributed by atoms with Gasteiger partial charge in [0.2, 0.25) is 0 Å². The van der Waals surface area contributed by atoms with Gasteiger partial charge in [-0.15, -0.1) is 0 Å². The second kappa shape index (κ2) is 7.07. The number of benzene rings is 2. The Morgan fingerprint density at radius 2 is 1.61 bits per heavy atom. The van der Waals surface area contributed by atoms with Crippen LogP contribution in [0.2, 0.25) is 5.02 Å². The summed E-state index contributed by atoms with van der Waals surface area (Å²) in [5, 5.41) is 3.48. The van der Waals surface area contributed by atoms with Crippen LogP contribution >= 0.6 is 11.6 Å². The molecular formula is C19H15ClN2O. The smallest absolute Gasteiger partial charge is 0.253 e. The number of aromatic nitrogens is 1. The van der Waals surface area contributed by atoms with Gasteiger partial charge in [-0.3, -0.25) is 9.78 Å². The second-order valence-electron chi connectivity index (χ2n) is 5.08. The predicted octanol–water partition coefficient (Wildman–Crippen LogP) is 4.25. The van der Waals surface area contributed by atoms with Crippen molar-refractivity contribution < 1.29 is 4.79 Å². The number of nitrogens with zero attached hydrogens (tertiary/aromatic N) is 1. The molecule has 0 saturated heterocycles. The monoisotopic (exact) mass is 322 g/mol. The summed E-state index contributed by atoms with van der Waals surface area (Å²) in [6.45, 7) is 0. The lowest BCUT2D eigenvalue weighted by Crippen LogP contribution is -2.29. The van der Waals surface area contributed by atoms with Crippen LogP contribution in [0.3, 0.4) is 0 Å². The molecular weight excluding hydrogens is 308 g/mol. The Hall–Kier alpha value is -2.65. The zero-order valence-corrected chi connectivity index (χ0v) is 13.1. The first-order valence-electron chi connectivity index (χ1n) is 7.26. The van der Waals surface area contributed by atoms with Crippen molar-refractivity contribution in [3.05, 3.63) is 101 Å². The average molecular weight is 323 g/mol. The van der Waals surface area contributed by atoms with Gasteiger partial charge >= 0.3 is 0 Å². The Bertz CT molecular complexity index is 751. The molecule has 0 saturated carbocycles. The maximum absolute atomic E-state index is 12.6. The van der Waals surface area contributed by atoms with E-state index >= 15 is 0 Å². The van der Waals surface area contributed by atoms with Gasteiger partial charge in [-0.1, -0.05) is 60.1 Å². The number of nitrogens with one attached hydrogen (secondary N) is 1. The van der Waals surface area contributed by atoms with E-state index in [2.05, 4.69) is 10.3 Å². The molecule has 0 aliphatic carbocycles. The number of rotatable bonds is 4. The highest BCUT2D eigenvalue weighted by Crippen LogP contribution is 2.23. The normalized spacial score (nSPS) is 11.7. The van der Waals surface area contributed by atoms with Crippen molar-refractivity contribution in [3.63, 3.8) is 0 Å². The van der Waals surface area contributed by atoms with Crippen LogP contribution in [0, 0.1) is 0 Å². The zero-order chi connectivity index (χ0) is 16.1. The lowest BCUT2D eigenvalue weighted by atomic mass is 9.99. The summed E-state index contributed by atoms with van der Waals surface area (Å²) in [5.41, 5.74) is 2.36. The van der Waals surface area contributed by atoms with E-state index in [1.54, 1.807) is 36.7 Å². The van der Waals surface area contributed by atoms with Crippen molar-refractivity contribution >= 4 is 17.5 Å². The maximum Gasteiger partial charge on any atom is 0.253 e. The minimum Gasteiger partial charge on any atom is -0.341 e. The van der Waals surface area contributed by atoms with Crippen LogP contribution in [0.25, 0.3) is 0 Å². The number of hydrogen-bond acceptors (Lipinski definition) is 2. The molecule has 1 heterocycles. The summed E-state index contributed by atoms with van der Waals surface area (Å²) >= 11 is 6.12. The SMILES string of the molecule is O=C(N[C@@H](c1ccccc1)c1cccnc1)c1ccccc1Cl. The molecule has 1 amide bonds. The molecule has 3 nitrogen and oxygen atoms in total. The van der Waals surface area contributed by atoms with Crippen LogP contribution in [0.1, 0.15) is 27.5 Å². The minimum atomic E-state index is -0.284. The van der Waals surface area contributed by atoms with E-state index < -0.39 is 0 Å². The van der Waals surface area contributed by atoms with Crippen molar-refractivity contribution in [2.75, 3.05) is 0 Å². The van der Waals surface area contributed by atoms with Gasteiger partial charge in [0.25, 0.3) is 5.91 Å². The molecule has 0 aliphatic heterocycles. The molecule has 4 heteroatoms. The summed E-state index contributed by atoms with van der Waals surface area (Å²) in [7, 11) is 0. The fourth-order valence-corrected chi connectivity index (χ4v) is 2.63. The van der Waals surface area contributed by atoms with Crippen molar-refractivity contribution in [2.45, 2.75) is 6.04 Å². The average Bonchev–Trinajstić information content (AvgIpc) is 2.61. The first-order valence-corrected chi connectivity index (χ1v) is 7.64. The first-order chi connectivity index (χ1) is 11.3. The van der Waals surface area contributed by atoms with Crippen LogP contribution in [-0.2, 0) is 0 Å². The van der Waals surface area contributed by atoms with E-state index in [0.717, 1.165) is 11.1 Å². The van der Waals surface area contributed by atoms with E-state index in [9.17, 15) is 4.79 Å². The van der Waals surface area contributed by atoms with Gasteiger partial charge in [-0.2, -0.15) is 0 Å². The highest BCUT2D eigenvalue weighted by molar-refractivity contribution is 6.33. The number of halogens is 1. The van der Waals surface area contributed by atoms with E-state index in [4.69, 9.17) is 11.6 Å². The third-order valence-electron chi connectivity index (χ3n) is 3.54. The van der Waals surface area contributed by atoms with Gasteiger partial charge < -0.3 is 5.32 Å². The molecule has 1 aromatic heterocycles. The molecule has 0 aliphatic rings. The molecule has 2 aromatic carbocycles. The molecule has 1 atom stereocenters. The molecule has 3 aromatic rings. The number of carbonyl (C=O) groups is 1.